The van der Waals surface area contributed by atoms with Gasteiger partial charge in [0.2, 0.25) is 0 Å². The Hall–Kier alpha value is -0.610. The van der Waals surface area contributed by atoms with Gasteiger partial charge in [0.1, 0.15) is 11.6 Å². The van der Waals surface area contributed by atoms with Gasteiger partial charge in [-0.3, -0.25) is 0 Å². The summed E-state index contributed by atoms with van der Waals surface area (Å²) in [4.78, 5) is 0. The predicted molar refractivity (Wildman–Crippen MR) is 63.8 cm³/mol. The lowest BCUT2D eigenvalue weighted by Gasteiger charge is -2.13. The van der Waals surface area contributed by atoms with Crippen molar-refractivity contribution in [3.8, 4) is 0 Å². The molecule has 2 rings (SSSR count). The molecule has 0 saturated heterocycles. The third kappa shape index (κ3) is 2.38. The molecule has 1 nitrogen and oxygen atoms in total. The van der Waals surface area contributed by atoms with Crippen LogP contribution in [-0.2, 0) is 6.42 Å². The highest BCUT2D eigenvalue weighted by atomic mass is 32.2. The van der Waals surface area contributed by atoms with Crippen LogP contribution in [0.1, 0.15) is 23.6 Å². The van der Waals surface area contributed by atoms with E-state index in [4.69, 9.17) is 0 Å². The molecule has 88 valence electrons. The molecule has 1 aromatic rings. The van der Waals surface area contributed by atoms with Crippen LogP contribution in [0.15, 0.2) is 12.1 Å². The summed E-state index contributed by atoms with van der Waals surface area (Å²) >= 11 is 1.76. The van der Waals surface area contributed by atoms with Gasteiger partial charge < -0.3 is 5.32 Å². The third-order valence-electron chi connectivity index (χ3n) is 2.95. The zero-order valence-corrected chi connectivity index (χ0v) is 10.0. The average Bonchev–Trinajstić information content (AvgIpc) is 2.62. The van der Waals surface area contributed by atoms with Crippen molar-refractivity contribution in [2.45, 2.75) is 18.9 Å². The quantitative estimate of drug-likeness (QED) is 0.816. The Labute approximate surface area is 98.6 Å². The molecule has 0 spiro atoms. The highest BCUT2D eigenvalue weighted by molar-refractivity contribution is 7.98. The van der Waals surface area contributed by atoms with Crippen LogP contribution in [0, 0.1) is 11.6 Å². The lowest BCUT2D eigenvalue weighted by molar-refractivity contribution is 0.546. The van der Waals surface area contributed by atoms with E-state index in [-0.39, 0.29) is 6.04 Å². The van der Waals surface area contributed by atoms with Crippen molar-refractivity contribution >= 4 is 11.8 Å². The molecule has 1 unspecified atom stereocenters. The SMILES string of the molecule is CSCCNC1CCc2c(F)cc(F)cc21. The number of rotatable bonds is 4. The molecule has 0 radical (unpaired) electrons. The number of fused-ring (bicyclic) bond motifs is 1. The Balaban J connectivity index is 2.12. The van der Waals surface area contributed by atoms with Gasteiger partial charge in [0, 0.05) is 24.4 Å². The third-order valence-corrected chi connectivity index (χ3v) is 3.56. The van der Waals surface area contributed by atoms with Crippen molar-refractivity contribution in [2.24, 2.45) is 0 Å². The summed E-state index contributed by atoms with van der Waals surface area (Å²) in [5, 5.41) is 3.34. The van der Waals surface area contributed by atoms with Crippen molar-refractivity contribution in [3.63, 3.8) is 0 Å². The summed E-state index contributed by atoms with van der Waals surface area (Å²) in [6, 6.07) is 2.55. The molecule has 1 aliphatic carbocycles. The van der Waals surface area contributed by atoms with Crippen molar-refractivity contribution < 1.29 is 8.78 Å². The van der Waals surface area contributed by atoms with Gasteiger partial charge in [0.15, 0.2) is 0 Å². The highest BCUT2D eigenvalue weighted by Crippen LogP contribution is 2.33. The summed E-state index contributed by atoms with van der Waals surface area (Å²) in [7, 11) is 0. The fourth-order valence-corrected chi connectivity index (χ4v) is 2.51. The smallest absolute Gasteiger partial charge is 0.129 e. The molecule has 0 heterocycles. The minimum atomic E-state index is -0.477. The first-order chi connectivity index (χ1) is 7.72. The van der Waals surface area contributed by atoms with E-state index in [1.807, 2.05) is 6.26 Å². The summed E-state index contributed by atoms with van der Waals surface area (Å²) < 4.78 is 26.6. The lowest BCUT2D eigenvalue weighted by atomic mass is 10.1. The molecule has 0 saturated carbocycles. The highest BCUT2D eigenvalue weighted by Gasteiger charge is 2.25. The van der Waals surface area contributed by atoms with Crippen LogP contribution in [0.2, 0.25) is 0 Å². The normalized spacial score (nSPS) is 18.8. The van der Waals surface area contributed by atoms with Crippen LogP contribution in [0.25, 0.3) is 0 Å². The van der Waals surface area contributed by atoms with E-state index in [0.29, 0.717) is 12.0 Å². The molecular formula is C12H15F2NS. The second kappa shape index (κ2) is 5.15. The summed E-state index contributed by atoms with van der Waals surface area (Å²) in [5.74, 6) is 0.142. The van der Waals surface area contributed by atoms with E-state index in [2.05, 4.69) is 5.32 Å². The van der Waals surface area contributed by atoms with E-state index in [9.17, 15) is 8.78 Å². The Morgan fingerprint density at radius 2 is 2.25 bits per heavy atom. The predicted octanol–water partition coefficient (Wildman–Crippen LogP) is 2.90. The largest absolute Gasteiger partial charge is 0.309 e. The van der Waals surface area contributed by atoms with Crippen molar-refractivity contribution in [2.75, 3.05) is 18.6 Å². The maximum atomic E-state index is 13.4. The van der Waals surface area contributed by atoms with Gasteiger partial charge in [0.25, 0.3) is 0 Å². The Morgan fingerprint density at radius 3 is 3.00 bits per heavy atom. The van der Waals surface area contributed by atoms with Crippen LogP contribution in [0.4, 0.5) is 8.78 Å². The fraction of sp³-hybridized carbons (Fsp3) is 0.500. The number of hydrogen-bond acceptors (Lipinski definition) is 2. The monoisotopic (exact) mass is 243 g/mol. The average molecular weight is 243 g/mol. The van der Waals surface area contributed by atoms with Gasteiger partial charge in [0.05, 0.1) is 0 Å². The fourth-order valence-electron chi connectivity index (χ4n) is 2.19. The first-order valence-corrected chi connectivity index (χ1v) is 6.82. The molecule has 0 aliphatic heterocycles. The first kappa shape index (κ1) is 11.9. The van der Waals surface area contributed by atoms with E-state index in [0.717, 1.165) is 30.3 Å². The van der Waals surface area contributed by atoms with Crippen molar-refractivity contribution in [1.29, 1.82) is 0 Å². The Bertz CT molecular complexity index is 382. The van der Waals surface area contributed by atoms with Gasteiger partial charge in [-0.15, -0.1) is 0 Å². The maximum Gasteiger partial charge on any atom is 0.129 e. The Kier molecular flexibility index (Phi) is 3.82. The second-order valence-corrected chi connectivity index (χ2v) is 4.98. The van der Waals surface area contributed by atoms with Crippen LogP contribution in [-0.4, -0.2) is 18.6 Å². The van der Waals surface area contributed by atoms with Gasteiger partial charge in [-0.25, -0.2) is 8.78 Å². The summed E-state index contributed by atoms with van der Waals surface area (Å²) in [6.07, 6.45) is 3.62. The van der Waals surface area contributed by atoms with Gasteiger partial charge >= 0.3 is 0 Å². The van der Waals surface area contributed by atoms with E-state index >= 15 is 0 Å². The van der Waals surface area contributed by atoms with E-state index in [1.165, 1.54) is 6.07 Å². The van der Waals surface area contributed by atoms with E-state index < -0.39 is 11.6 Å². The molecule has 1 aliphatic rings. The molecule has 0 fully saturated rings. The molecule has 0 bridgehead atoms. The molecule has 1 aromatic carbocycles. The standard InChI is InChI=1S/C12H15F2NS/c1-16-5-4-15-12-3-2-9-10(12)6-8(13)7-11(9)14/h6-7,12,15H,2-5H2,1H3. The van der Waals surface area contributed by atoms with Crippen molar-refractivity contribution in [1.82, 2.24) is 5.32 Å². The molecule has 0 aromatic heterocycles. The maximum absolute atomic E-state index is 13.4. The van der Waals surface area contributed by atoms with Gasteiger partial charge in [-0.2, -0.15) is 11.8 Å². The number of nitrogens with one attached hydrogen (secondary N) is 1. The zero-order chi connectivity index (χ0) is 11.5. The Morgan fingerprint density at radius 1 is 1.44 bits per heavy atom. The van der Waals surface area contributed by atoms with Crippen molar-refractivity contribution in [3.05, 3.63) is 34.9 Å². The van der Waals surface area contributed by atoms with Gasteiger partial charge in [-0.1, -0.05) is 0 Å². The molecule has 4 heteroatoms. The lowest BCUT2D eigenvalue weighted by Crippen LogP contribution is -2.21. The summed E-state index contributed by atoms with van der Waals surface area (Å²) in [6.45, 7) is 0.878. The van der Waals surface area contributed by atoms with Crippen LogP contribution in [0.5, 0.6) is 0 Å². The zero-order valence-electron chi connectivity index (χ0n) is 9.22. The molecular weight excluding hydrogens is 228 g/mol. The number of halogens is 2. The van der Waals surface area contributed by atoms with Crippen LogP contribution >= 0.6 is 11.8 Å². The van der Waals surface area contributed by atoms with Crippen LogP contribution in [0.3, 0.4) is 0 Å². The minimum absolute atomic E-state index is 0.118. The number of hydrogen-bond donors (Lipinski definition) is 1. The first-order valence-electron chi connectivity index (χ1n) is 5.42. The van der Waals surface area contributed by atoms with E-state index in [1.54, 1.807) is 11.8 Å². The molecule has 16 heavy (non-hydrogen) atoms. The topological polar surface area (TPSA) is 12.0 Å². The summed E-state index contributed by atoms with van der Waals surface area (Å²) in [5.41, 5.74) is 1.49. The van der Waals surface area contributed by atoms with Crippen LogP contribution < -0.4 is 5.32 Å². The number of benzene rings is 1. The molecule has 0 amide bonds. The molecule has 1 atom stereocenters. The van der Waals surface area contributed by atoms with Gasteiger partial charge in [-0.05, 0) is 36.3 Å². The second-order valence-electron chi connectivity index (χ2n) is 3.99. The molecule has 1 N–H and O–H groups in total. The number of thioether (sulfide) groups is 1. The minimum Gasteiger partial charge on any atom is -0.309 e.